The van der Waals surface area contributed by atoms with E-state index in [0.29, 0.717) is 19.1 Å². The zero-order valence-electron chi connectivity index (χ0n) is 16.9. The van der Waals surface area contributed by atoms with E-state index in [-0.39, 0.29) is 24.4 Å². The van der Waals surface area contributed by atoms with Gasteiger partial charge in [-0.05, 0) is 64.5 Å². The number of hydrogen-bond donors (Lipinski definition) is 2. The van der Waals surface area contributed by atoms with E-state index in [4.69, 9.17) is 5.11 Å². The van der Waals surface area contributed by atoms with Crippen molar-refractivity contribution in [2.75, 3.05) is 32.7 Å². The SMILES string of the molecule is CC(C)(O)[C@H]1CC(F)(F)CN1C1CCN(C2CC3(CCN(C(=O)O)C3)C2)CC1. The van der Waals surface area contributed by atoms with Crippen molar-refractivity contribution < 1.29 is 23.8 Å². The van der Waals surface area contributed by atoms with Gasteiger partial charge in [-0.25, -0.2) is 13.6 Å². The minimum Gasteiger partial charge on any atom is -0.465 e. The molecule has 8 heteroatoms. The third-order valence-corrected chi connectivity index (χ3v) is 7.65. The van der Waals surface area contributed by atoms with Crippen LogP contribution in [0.4, 0.5) is 13.6 Å². The molecule has 4 fully saturated rings. The number of alkyl halides is 2. The third-order valence-electron chi connectivity index (χ3n) is 7.65. The van der Waals surface area contributed by atoms with Gasteiger partial charge in [0.05, 0.1) is 12.1 Å². The second-order valence-electron chi connectivity index (χ2n) is 10.2. The molecule has 1 atom stereocenters. The van der Waals surface area contributed by atoms with Crippen molar-refractivity contribution in [2.45, 2.75) is 82.0 Å². The van der Waals surface area contributed by atoms with Crippen LogP contribution < -0.4 is 0 Å². The molecule has 1 aliphatic carbocycles. The van der Waals surface area contributed by atoms with Gasteiger partial charge in [0.25, 0.3) is 5.92 Å². The van der Waals surface area contributed by atoms with E-state index in [1.807, 2.05) is 4.90 Å². The number of carbonyl (C=O) groups is 1. The van der Waals surface area contributed by atoms with Crippen molar-refractivity contribution in [3.63, 3.8) is 0 Å². The van der Waals surface area contributed by atoms with Crippen LogP contribution in [0.15, 0.2) is 0 Å². The summed E-state index contributed by atoms with van der Waals surface area (Å²) in [6, 6.07) is 0.107. The van der Waals surface area contributed by atoms with E-state index in [0.717, 1.165) is 45.2 Å². The lowest BCUT2D eigenvalue weighted by Crippen LogP contribution is -2.57. The highest BCUT2D eigenvalue weighted by Gasteiger charge is 2.54. The Kier molecular flexibility index (Phi) is 4.91. The summed E-state index contributed by atoms with van der Waals surface area (Å²) in [4.78, 5) is 17.0. The Balaban J connectivity index is 1.29. The molecule has 4 aliphatic rings. The van der Waals surface area contributed by atoms with Crippen LogP contribution in [0.25, 0.3) is 0 Å². The normalized spacial score (nSPS) is 37.5. The quantitative estimate of drug-likeness (QED) is 0.761. The molecule has 0 bridgehead atoms. The Morgan fingerprint density at radius 1 is 1.04 bits per heavy atom. The summed E-state index contributed by atoms with van der Waals surface area (Å²) in [6.07, 6.45) is 3.70. The van der Waals surface area contributed by atoms with Crippen LogP contribution in [0.3, 0.4) is 0 Å². The number of halogens is 2. The Hall–Kier alpha value is -0.990. The first-order valence-corrected chi connectivity index (χ1v) is 10.6. The number of likely N-dealkylation sites (tertiary alicyclic amines) is 3. The molecular weight excluding hydrogens is 368 g/mol. The largest absolute Gasteiger partial charge is 0.465 e. The maximum atomic E-state index is 14.0. The molecular formula is C20H33F2N3O3. The van der Waals surface area contributed by atoms with Gasteiger partial charge in [-0.15, -0.1) is 0 Å². The first-order chi connectivity index (χ1) is 13.0. The molecule has 28 heavy (non-hydrogen) atoms. The topological polar surface area (TPSA) is 67.2 Å². The standard InChI is InChI=1S/C20H33F2N3O3/c1-18(2,28)16-11-20(21,22)13-25(16)14-3-6-23(7-4-14)15-9-19(10-15)5-8-24(12-19)17(26)27/h14-16,28H,3-13H2,1-2H3,(H,26,27)/t15?,16-,19?/m1/s1. The van der Waals surface area contributed by atoms with E-state index >= 15 is 0 Å². The summed E-state index contributed by atoms with van der Waals surface area (Å²) >= 11 is 0. The fourth-order valence-corrected chi connectivity index (χ4v) is 6.09. The number of carboxylic acid groups (broad SMARTS) is 1. The molecule has 3 aliphatic heterocycles. The highest BCUT2D eigenvalue weighted by atomic mass is 19.3. The summed E-state index contributed by atoms with van der Waals surface area (Å²) in [5, 5.41) is 19.6. The molecule has 1 saturated carbocycles. The second-order valence-corrected chi connectivity index (χ2v) is 10.2. The zero-order valence-corrected chi connectivity index (χ0v) is 16.9. The van der Waals surface area contributed by atoms with Crippen LogP contribution in [0.1, 0.15) is 52.4 Å². The predicted octanol–water partition coefficient (Wildman–Crippen LogP) is 2.46. The molecule has 4 rings (SSSR count). The lowest BCUT2D eigenvalue weighted by molar-refractivity contribution is -0.0451. The van der Waals surface area contributed by atoms with Crippen molar-refractivity contribution in [1.82, 2.24) is 14.7 Å². The first kappa shape index (κ1) is 20.3. The van der Waals surface area contributed by atoms with E-state index < -0.39 is 23.7 Å². The van der Waals surface area contributed by atoms with Crippen molar-refractivity contribution in [3.8, 4) is 0 Å². The molecule has 1 amide bonds. The van der Waals surface area contributed by atoms with E-state index in [9.17, 15) is 18.7 Å². The van der Waals surface area contributed by atoms with Gasteiger partial charge in [0, 0.05) is 37.6 Å². The smallest absolute Gasteiger partial charge is 0.407 e. The summed E-state index contributed by atoms with van der Waals surface area (Å²) in [6.45, 7) is 6.12. The molecule has 6 nitrogen and oxygen atoms in total. The molecule has 0 unspecified atom stereocenters. The molecule has 0 aromatic heterocycles. The monoisotopic (exact) mass is 401 g/mol. The summed E-state index contributed by atoms with van der Waals surface area (Å²) in [5.41, 5.74) is -0.959. The van der Waals surface area contributed by atoms with Crippen molar-refractivity contribution in [2.24, 2.45) is 5.41 Å². The van der Waals surface area contributed by atoms with E-state index in [1.165, 1.54) is 4.90 Å². The number of aliphatic hydroxyl groups is 1. The van der Waals surface area contributed by atoms with Crippen LogP contribution in [-0.4, -0.2) is 93.4 Å². The summed E-state index contributed by atoms with van der Waals surface area (Å²) < 4.78 is 28.1. The van der Waals surface area contributed by atoms with Crippen LogP contribution in [0.5, 0.6) is 0 Å². The third kappa shape index (κ3) is 3.75. The molecule has 0 aromatic rings. The number of nitrogens with zero attached hydrogens (tertiary/aromatic N) is 3. The Morgan fingerprint density at radius 2 is 1.68 bits per heavy atom. The van der Waals surface area contributed by atoms with Gasteiger partial charge < -0.3 is 20.0 Å². The van der Waals surface area contributed by atoms with Crippen LogP contribution in [0, 0.1) is 5.41 Å². The lowest BCUT2D eigenvalue weighted by atomic mass is 9.64. The van der Waals surface area contributed by atoms with Crippen LogP contribution in [-0.2, 0) is 0 Å². The van der Waals surface area contributed by atoms with Gasteiger partial charge in [0.15, 0.2) is 0 Å². The molecule has 3 heterocycles. The Labute approximate surface area is 165 Å². The van der Waals surface area contributed by atoms with Gasteiger partial charge >= 0.3 is 6.09 Å². The first-order valence-electron chi connectivity index (χ1n) is 10.6. The number of rotatable bonds is 3. The number of amides is 1. The van der Waals surface area contributed by atoms with E-state index in [1.54, 1.807) is 13.8 Å². The molecule has 1 spiro atoms. The van der Waals surface area contributed by atoms with Gasteiger partial charge in [0.2, 0.25) is 0 Å². The maximum Gasteiger partial charge on any atom is 0.407 e. The molecule has 160 valence electrons. The molecule has 2 N–H and O–H groups in total. The minimum absolute atomic E-state index is 0.101. The van der Waals surface area contributed by atoms with Gasteiger partial charge in [-0.2, -0.15) is 0 Å². The number of piperidine rings is 1. The minimum atomic E-state index is -2.72. The maximum absolute atomic E-state index is 14.0. The van der Waals surface area contributed by atoms with Gasteiger partial charge in [-0.1, -0.05) is 0 Å². The molecule has 3 saturated heterocycles. The average molecular weight is 401 g/mol. The van der Waals surface area contributed by atoms with Crippen molar-refractivity contribution >= 4 is 6.09 Å². The highest BCUT2D eigenvalue weighted by Crippen LogP contribution is 2.50. The Bertz CT molecular complexity index is 610. The van der Waals surface area contributed by atoms with Gasteiger partial charge in [0.1, 0.15) is 0 Å². The van der Waals surface area contributed by atoms with Gasteiger partial charge in [-0.3, -0.25) is 4.90 Å². The highest BCUT2D eigenvalue weighted by molar-refractivity contribution is 5.65. The molecule has 0 radical (unpaired) electrons. The molecule has 0 aromatic carbocycles. The fourth-order valence-electron chi connectivity index (χ4n) is 6.09. The van der Waals surface area contributed by atoms with Crippen molar-refractivity contribution in [1.29, 1.82) is 0 Å². The zero-order chi connectivity index (χ0) is 20.3. The van der Waals surface area contributed by atoms with Crippen LogP contribution >= 0.6 is 0 Å². The summed E-state index contributed by atoms with van der Waals surface area (Å²) in [7, 11) is 0. The number of hydrogen-bond acceptors (Lipinski definition) is 4. The van der Waals surface area contributed by atoms with Crippen LogP contribution in [0.2, 0.25) is 0 Å². The second kappa shape index (κ2) is 6.77. The lowest BCUT2D eigenvalue weighted by Gasteiger charge is -2.52. The van der Waals surface area contributed by atoms with Crippen molar-refractivity contribution in [3.05, 3.63) is 0 Å². The predicted molar refractivity (Wildman–Crippen MR) is 101 cm³/mol. The van der Waals surface area contributed by atoms with E-state index in [2.05, 4.69) is 4.90 Å². The fraction of sp³-hybridized carbons (Fsp3) is 0.950. The summed E-state index contributed by atoms with van der Waals surface area (Å²) in [5.74, 6) is -2.72. The average Bonchev–Trinajstić information content (AvgIpc) is 3.15. The Morgan fingerprint density at radius 3 is 2.21 bits per heavy atom.